The molecule has 0 aliphatic heterocycles. The van der Waals surface area contributed by atoms with Gasteiger partial charge in [0, 0.05) is 23.8 Å². The van der Waals surface area contributed by atoms with Crippen LogP contribution in [0.2, 0.25) is 5.02 Å². The van der Waals surface area contributed by atoms with Crippen molar-refractivity contribution in [1.82, 2.24) is 15.1 Å². The minimum Gasteiger partial charge on any atom is -0.304 e. The van der Waals surface area contributed by atoms with Crippen molar-refractivity contribution in [3.05, 3.63) is 52.8 Å². The molecule has 1 atom stereocenters. The first-order chi connectivity index (χ1) is 10.2. The Balaban J connectivity index is 1.59. The summed E-state index contributed by atoms with van der Waals surface area (Å²) in [7, 11) is 0. The highest BCUT2D eigenvalue weighted by Gasteiger charge is 2.17. The molecule has 1 aliphatic carbocycles. The van der Waals surface area contributed by atoms with Crippen LogP contribution in [0.1, 0.15) is 55.9 Å². The molecule has 2 aromatic rings. The van der Waals surface area contributed by atoms with Crippen LogP contribution in [0.5, 0.6) is 0 Å². The molecule has 1 aromatic heterocycles. The second-order valence-corrected chi connectivity index (χ2v) is 6.26. The smallest absolute Gasteiger partial charge is 0.0762 e. The third kappa shape index (κ3) is 3.47. The Morgan fingerprint density at radius 3 is 2.81 bits per heavy atom. The summed E-state index contributed by atoms with van der Waals surface area (Å²) in [6, 6.07) is 10.9. The Morgan fingerprint density at radius 1 is 1.29 bits per heavy atom. The lowest BCUT2D eigenvalue weighted by atomic mass is 10.1. The zero-order valence-electron chi connectivity index (χ0n) is 12.4. The molecule has 1 saturated carbocycles. The average Bonchev–Trinajstić information content (AvgIpc) is 3.16. The fraction of sp³-hybridized carbons (Fsp3) is 0.471. The van der Waals surface area contributed by atoms with E-state index < -0.39 is 0 Å². The van der Waals surface area contributed by atoms with E-state index in [1.807, 2.05) is 18.2 Å². The van der Waals surface area contributed by atoms with E-state index >= 15 is 0 Å². The topological polar surface area (TPSA) is 29.9 Å². The minimum atomic E-state index is 0.218. The first-order valence-corrected chi connectivity index (χ1v) is 8.13. The molecule has 0 amide bonds. The summed E-state index contributed by atoms with van der Waals surface area (Å²) in [6.07, 6.45) is 7.33. The molecule has 1 heterocycles. The number of hydrogen-bond donors (Lipinski definition) is 1. The van der Waals surface area contributed by atoms with E-state index in [0.29, 0.717) is 6.04 Å². The molecular weight excluding hydrogens is 282 g/mol. The number of aromatic nitrogens is 2. The molecule has 1 aliphatic rings. The van der Waals surface area contributed by atoms with Crippen LogP contribution < -0.4 is 5.32 Å². The van der Waals surface area contributed by atoms with Crippen LogP contribution >= 0.6 is 11.6 Å². The van der Waals surface area contributed by atoms with Crippen molar-refractivity contribution in [2.45, 2.75) is 51.2 Å². The van der Waals surface area contributed by atoms with Crippen molar-refractivity contribution >= 4 is 11.6 Å². The highest BCUT2D eigenvalue weighted by Crippen LogP contribution is 2.28. The number of hydrogen-bond acceptors (Lipinski definition) is 2. The van der Waals surface area contributed by atoms with Crippen LogP contribution in [0.15, 0.2) is 36.5 Å². The molecule has 21 heavy (non-hydrogen) atoms. The number of nitrogens with zero attached hydrogens (tertiary/aromatic N) is 2. The molecule has 112 valence electrons. The van der Waals surface area contributed by atoms with Crippen molar-refractivity contribution in [3.8, 4) is 0 Å². The number of benzene rings is 1. The second kappa shape index (κ2) is 6.63. The predicted molar refractivity (Wildman–Crippen MR) is 86.4 cm³/mol. The fourth-order valence-corrected chi connectivity index (χ4v) is 3.34. The highest BCUT2D eigenvalue weighted by molar-refractivity contribution is 6.31. The Kier molecular flexibility index (Phi) is 4.61. The normalized spacial score (nSPS) is 17.2. The van der Waals surface area contributed by atoms with Gasteiger partial charge in [0.25, 0.3) is 0 Å². The van der Waals surface area contributed by atoms with E-state index in [4.69, 9.17) is 16.7 Å². The van der Waals surface area contributed by atoms with Crippen LogP contribution in [-0.4, -0.2) is 9.78 Å². The molecular formula is C17H22ClN3. The third-order valence-corrected chi connectivity index (χ3v) is 4.67. The zero-order chi connectivity index (χ0) is 14.7. The summed E-state index contributed by atoms with van der Waals surface area (Å²) in [6.45, 7) is 2.90. The van der Waals surface area contributed by atoms with Gasteiger partial charge in [-0.2, -0.15) is 5.10 Å². The van der Waals surface area contributed by atoms with Gasteiger partial charge in [-0.05, 0) is 37.5 Å². The van der Waals surface area contributed by atoms with Gasteiger partial charge in [-0.3, -0.25) is 4.68 Å². The Labute approximate surface area is 131 Å². The van der Waals surface area contributed by atoms with Gasteiger partial charge in [0.2, 0.25) is 0 Å². The molecule has 0 radical (unpaired) electrons. The van der Waals surface area contributed by atoms with Crippen molar-refractivity contribution in [1.29, 1.82) is 0 Å². The monoisotopic (exact) mass is 303 g/mol. The summed E-state index contributed by atoms with van der Waals surface area (Å²) in [4.78, 5) is 0. The number of rotatable bonds is 5. The largest absolute Gasteiger partial charge is 0.304 e. The quantitative estimate of drug-likeness (QED) is 0.881. The number of halogens is 1. The van der Waals surface area contributed by atoms with Gasteiger partial charge in [-0.1, -0.05) is 42.6 Å². The minimum absolute atomic E-state index is 0.218. The van der Waals surface area contributed by atoms with Gasteiger partial charge >= 0.3 is 0 Å². The van der Waals surface area contributed by atoms with Crippen molar-refractivity contribution in [3.63, 3.8) is 0 Å². The summed E-state index contributed by atoms with van der Waals surface area (Å²) < 4.78 is 2.14. The Hall–Kier alpha value is -1.32. The van der Waals surface area contributed by atoms with Gasteiger partial charge in [-0.25, -0.2) is 0 Å². The molecule has 1 fully saturated rings. The Morgan fingerprint density at radius 2 is 2.05 bits per heavy atom. The van der Waals surface area contributed by atoms with Crippen LogP contribution in [-0.2, 0) is 6.54 Å². The third-order valence-electron chi connectivity index (χ3n) is 4.32. The lowest BCUT2D eigenvalue weighted by Crippen LogP contribution is -2.19. The van der Waals surface area contributed by atoms with Crippen LogP contribution in [0.4, 0.5) is 0 Å². The SMILES string of the molecule is C[C@@H](NCc1ccn(C2CCCC2)n1)c1ccccc1Cl. The summed E-state index contributed by atoms with van der Waals surface area (Å²) in [5.74, 6) is 0. The van der Waals surface area contributed by atoms with Crippen LogP contribution in [0.3, 0.4) is 0 Å². The van der Waals surface area contributed by atoms with Gasteiger partial charge < -0.3 is 5.32 Å². The molecule has 3 rings (SSSR count). The average molecular weight is 304 g/mol. The van der Waals surface area contributed by atoms with E-state index in [1.165, 1.54) is 25.7 Å². The summed E-state index contributed by atoms with van der Waals surface area (Å²) in [5, 5.41) is 9.02. The van der Waals surface area contributed by atoms with Gasteiger partial charge in [0.1, 0.15) is 0 Å². The van der Waals surface area contributed by atoms with E-state index in [1.54, 1.807) is 0 Å². The highest BCUT2D eigenvalue weighted by atomic mass is 35.5. The van der Waals surface area contributed by atoms with Crippen molar-refractivity contribution in [2.24, 2.45) is 0 Å². The van der Waals surface area contributed by atoms with Crippen LogP contribution in [0.25, 0.3) is 0 Å². The van der Waals surface area contributed by atoms with Gasteiger partial charge in [-0.15, -0.1) is 0 Å². The number of nitrogens with one attached hydrogen (secondary N) is 1. The molecule has 0 spiro atoms. The maximum atomic E-state index is 6.23. The zero-order valence-corrected chi connectivity index (χ0v) is 13.2. The lowest BCUT2D eigenvalue weighted by molar-refractivity contribution is 0.458. The summed E-state index contributed by atoms with van der Waals surface area (Å²) in [5.41, 5.74) is 2.23. The first-order valence-electron chi connectivity index (χ1n) is 7.76. The lowest BCUT2D eigenvalue weighted by Gasteiger charge is -2.15. The Bertz CT molecular complexity index is 587. The van der Waals surface area contributed by atoms with E-state index in [-0.39, 0.29) is 6.04 Å². The molecule has 3 nitrogen and oxygen atoms in total. The molecule has 4 heteroatoms. The van der Waals surface area contributed by atoms with E-state index in [2.05, 4.69) is 35.3 Å². The first kappa shape index (κ1) is 14.6. The van der Waals surface area contributed by atoms with E-state index in [9.17, 15) is 0 Å². The predicted octanol–water partition coefficient (Wildman–Crippen LogP) is 4.50. The summed E-state index contributed by atoms with van der Waals surface area (Å²) >= 11 is 6.23. The van der Waals surface area contributed by atoms with Gasteiger partial charge in [0.05, 0.1) is 11.7 Å². The van der Waals surface area contributed by atoms with Gasteiger partial charge in [0.15, 0.2) is 0 Å². The molecule has 0 saturated heterocycles. The fourth-order valence-electron chi connectivity index (χ4n) is 3.04. The standard InChI is InChI=1S/C17H22ClN3/c1-13(16-8-4-5-9-17(16)18)19-12-14-10-11-21(20-14)15-6-2-3-7-15/h4-5,8-11,13,15,19H,2-3,6-7,12H2,1H3/t13-/m1/s1. The van der Waals surface area contributed by atoms with Crippen LogP contribution in [0, 0.1) is 0 Å². The van der Waals surface area contributed by atoms with Crippen molar-refractivity contribution < 1.29 is 0 Å². The molecule has 0 bridgehead atoms. The molecule has 1 N–H and O–H groups in total. The molecule has 0 unspecified atom stereocenters. The van der Waals surface area contributed by atoms with E-state index in [0.717, 1.165) is 22.8 Å². The molecule has 1 aromatic carbocycles. The van der Waals surface area contributed by atoms with Crippen molar-refractivity contribution in [2.75, 3.05) is 0 Å². The maximum absolute atomic E-state index is 6.23. The maximum Gasteiger partial charge on any atom is 0.0762 e. The second-order valence-electron chi connectivity index (χ2n) is 5.85.